The van der Waals surface area contributed by atoms with Gasteiger partial charge in [0.2, 0.25) is 0 Å². The van der Waals surface area contributed by atoms with Gasteiger partial charge in [-0.3, -0.25) is 0 Å². The van der Waals surface area contributed by atoms with Crippen molar-refractivity contribution in [1.82, 2.24) is 4.98 Å². The van der Waals surface area contributed by atoms with E-state index >= 15 is 0 Å². The van der Waals surface area contributed by atoms with Crippen LogP contribution in [-0.4, -0.2) is 4.98 Å². The molecule has 0 radical (unpaired) electrons. The molecule has 0 saturated heterocycles. The van der Waals surface area contributed by atoms with E-state index in [0.717, 1.165) is 6.07 Å². The van der Waals surface area contributed by atoms with Crippen molar-refractivity contribution in [2.24, 2.45) is 0 Å². The van der Waals surface area contributed by atoms with E-state index in [0.29, 0.717) is 0 Å². The van der Waals surface area contributed by atoms with Crippen LogP contribution in [0.25, 0.3) is 11.1 Å². The van der Waals surface area contributed by atoms with Crippen LogP contribution in [0, 0.1) is 11.6 Å². The lowest BCUT2D eigenvalue weighted by Gasteiger charge is -2.09. The lowest BCUT2D eigenvalue weighted by molar-refractivity contribution is 0.585. The molecule has 6 heteroatoms. The van der Waals surface area contributed by atoms with Crippen LogP contribution < -0.4 is 5.73 Å². The molecule has 0 unspecified atom stereocenters. The van der Waals surface area contributed by atoms with Gasteiger partial charge in [0.15, 0.2) is 0 Å². The minimum atomic E-state index is -0.735. The molecular weight excluding hydrogens is 313 g/mol. The quantitative estimate of drug-likeness (QED) is 0.806. The van der Waals surface area contributed by atoms with Crippen LogP contribution in [0.1, 0.15) is 0 Å². The highest BCUT2D eigenvalue weighted by molar-refractivity contribution is 9.10. The van der Waals surface area contributed by atoms with Gasteiger partial charge in [0.25, 0.3) is 0 Å². The molecule has 88 valence electrons. The third kappa shape index (κ3) is 2.25. The van der Waals surface area contributed by atoms with Crippen molar-refractivity contribution in [3.63, 3.8) is 0 Å². The van der Waals surface area contributed by atoms with Gasteiger partial charge in [0.1, 0.15) is 17.5 Å². The minimum absolute atomic E-state index is 0.0188. The highest BCUT2D eigenvalue weighted by Crippen LogP contribution is 2.34. The van der Waals surface area contributed by atoms with Crippen molar-refractivity contribution in [3.8, 4) is 11.1 Å². The monoisotopic (exact) mass is 318 g/mol. The number of aromatic nitrogens is 1. The van der Waals surface area contributed by atoms with Crippen molar-refractivity contribution in [3.05, 3.63) is 45.5 Å². The Bertz CT molecular complexity index is 590. The van der Waals surface area contributed by atoms with Gasteiger partial charge in [-0.1, -0.05) is 11.6 Å². The first kappa shape index (κ1) is 12.3. The number of hydrogen-bond acceptors (Lipinski definition) is 2. The molecule has 2 aromatic rings. The molecule has 1 heterocycles. The molecule has 0 aliphatic rings. The summed E-state index contributed by atoms with van der Waals surface area (Å²) in [7, 11) is 0. The summed E-state index contributed by atoms with van der Waals surface area (Å²) in [4.78, 5) is 3.76. The molecule has 0 amide bonds. The second-order valence-electron chi connectivity index (χ2n) is 3.30. The van der Waals surface area contributed by atoms with Gasteiger partial charge in [-0.05, 0) is 34.1 Å². The second-order valence-corrected chi connectivity index (χ2v) is 4.60. The van der Waals surface area contributed by atoms with Gasteiger partial charge in [-0.15, -0.1) is 0 Å². The normalized spacial score (nSPS) is 10.6. The van der Waals surface area contributed by atoms with Crippen LogP contribution in [0.4, 0.5) is 14.6 Å². The zero-order chi connectivity index (χ0) is 12.6. The highest BCUT2D eigenvalue weighted by Gasteiger charge is 2.17. The highest BCUT2D eigenvalue weighted by atomic mass is 79.9. The van der Waals surface area contributed by atoms with Crippen molar-refractivity contribution in [2.45, 2.75) is 0 Å². The maximum atomic E-state index is 13.8. The summed E-state index contributed by atoms with van der Waals surface area (Å²) in [6, 6.07) is 3.79. The molecule has 1 aromatic carbocycles. The molecule has 2 N–H and O–H groups in total. The van der Waals surface area contributed by atoms with Gasteiger partial charge < -0.3 is 5.73 Å². The van der Waals surface area contributed by atoms with Crippen LogP contribution in [0.15, 0.2) is 28.9 Å². The number of nitrogens with two attached hydrogens (primary N) is 1. The van der Waals surface area contributed by atoms with E-state index < -0.39 is 11.6 Å². The fourth-order valence-electron chi connectivity index (χ4n) is 1.42. The zero-order valence-electron chi connectivity index (χ0n) is 8.35. The average molecular weight is 320 g/mol. The predicted molar refractivity (Wildman–Crippen MR) is 66.7 cm³/mol. The fraction of sp³-hybridized carbons (Fsp3) is 0. The summed E-state index contributed by atoms with van der Waals surface area (Å²) in [6.45, 7) is 0. The molecule has 2 rings (SSSR count). The number of hydrogen-bond donors (Lipinski definition) is 1. The van der Waals surface area contributed by atoms with Gasteiger partial charge >= 0.3 is 0 Å². The molecular formula is C11H6BrClF2N2. The molecule has 1 aromatic heterocycles. The van der Waals surface area contributed by atoms with E-state index in [1.54, 1.807) is 0 Å². The van der Waals surface area contributed by atoms with Gasteiger partial charge in [0, 0.05) is 11.8 Å². The summed E-state index contributed by atoms with van der Waals surface area (Å²) in [5.41, 5.74) is 5.48. The Balaban J connectivity index is 2.76. The van der Waals surface area contributed by atoms with Crippen LogP contribution in [0.3, 0.4) is 0 Å². The Kier molecular flexibility index (Phi) is 3.31. The molecule has 0 saturated carbocycles. The lowest BCUT2D eigenvalue weighted by Crippen LogP contribution is -1.98. The third-order valence-corrected chi connectivity index (χ3v) is 3.02. The number of pyridine rings is 1. The van der Waals surface area contributed by atoms with Crippen LogP contribution >= 0.6 is 27.5 Å². The van der Waals surface area contributed by atoms with Crippen molar-refractivity contribution >= 4 is 33.3 Å². The standard InChI is InChI=1S/C11H6BrClF2N2/c12-7-1-2-8(14)9(10(7)15)6-3-5(13)4-17-11(6)16/h1-4H,(H2,16,17). The Hall–Kier alpha value is -1.20. The Morgan fingerprint density at radius 2 is 2.00 bits per heavy atom. The first-order chi connectivity index (χ1) is 8.00. The first-order valence-corrected chi connectivity index (χ1v) is 5.72. The predicted octanol–water partition coefficient (Wildman–Crippen LogP) is 4.02. The number of benzene rings is 1. The molecule has 0 fully saturated rings. The van der Waals surface area contributed by atoms with Crippen molar-refractivity contribution in [2.75, 3.05) is 5.73 Å². The summed E-state index contributed by atoms with van der Waals surface area (Å²) in [6.07, 6.45) is 1.31. The summed E-state index contributed by atoms with van der Waals surface area (Å²) in [5.74, 6) is -1.44. The topological polar surface area (TPSA) is 38.9 Å². The second kappa shape index (κ2) is 4.58. The van der Waals surface area contributed by atoms with Gasteiger partial charge in [-0.2, -0.15) is 0 Å². The largest absolute Gasteiger partial charge is 0.383 e. The molecule has 0 aliphatic carbocycles. The summed E-state index contributed by atoms with van der Waals surface area (Å²) < 4.78 is 27.6. The molecule has 0 atom stereocenters. The number of anilines is 1. The fourth-order valence-corrected chi connectivity index (χ4v) is 1.91. The maximum absolute atomic E-state index is 13.8. The van der Waals surface area contributed by atoms with Crippen LogP contribution in [-0.2, 0) is 0 Å². The number of rotatable bonds is 1. The van der Waals surface area contributed by atoms with E-state index in [4.69, 9.17) is 17.3 Å². The first-order valence-electron chi connectivity index (χ1n) is 4.55. The van der Waals surface area contributed by atoms with Gasteiger partial charge in [0.05, 0.1) is 15.1 Å². The van der Waals surface area contributed by atoms with E-state index in [2.05, 4.69) is 20.9 Å². The van der Waals surface area contributed by atoms with E-state index in [1.165, 1.54) is 18.3 Å². The SMILES string of the molecule is Nc1ncc(Cl)cc1-c1c(F)ccc(Br)c1F. The Morgan fingerprint density at radius 3 is 2.71 bits per heavy atom. The number of nitrogens with zero attached hydrogens (tertiary/aromatic N) is 1. The Labute approximate surface area is 110 Å². The molecule has 2 nitrogen and oxygen atoms in total. The molecule has 0 spiro atoms. The number of halogens is 4. The molecule has 17 heavy (non-hydrogen) atoms. The summed E-state index contributed by atoms with van der Waals surface area (Å²) in [5, 5.41) is 0.257. The summed E-state index contributed by atoms with van der Waals surface area (Å²) >= 11 is 8.72. The lowest BCUT2D eigenvalue weighted by atomic mass is 10.1. The van der Waals surface area contributed by atoms with Crippen LogP contribution in [0.2, 0.25) is 5.02 Å². The van der Waals surface area contributed by atoms with E-state index in [1.807, 2.05) is 0 Å². The van der Waals surface area contributed by atoms with Crippen molar-refractivity contribution < 1.29 is 8.78 Å². The molecule has 0 bridgehead atoms. The van der Waals surface area contributed by atoms with Crippen LogP contribution in [0.5, 0.6) is 0 Å². The smallest absolute Gasteiger partial charge is 0.148 e. The zero-order valence-corrected chi connectivity index (χ0v) is 10.7. The van der Waals surface area contributed by atoms with Crippen molar-refractivity contribution in [1.29, 1.82) is 0 Å². The number of nitrogen functional groups attached to an aromatic ring is 1. The van der Waals surface area contributed by atoms with Gasteiger partial charge in [-0.25, -0.2) is 13.8 Å². The average Bonchev–Trinajstić information content (AvgIpc) is 2.29. The Morgan fingerprint density at radius 1 is 1.29 bits per heavy atom. The third-order valence-electron chi connectivity index (χ3n) is 2.20. The van der Waals surface area contributed by atoms with E-state index in [-0.39, 0.29) is 26.4 Å². The van der Waals surface area contributed by atoms with E-state index in [9.17, 15) is 8.78 Å². The minimum Gasteiger partial charge on any atom is -0.383 e. The molecule has 0 aliphatic heterocycles. The maximum Gasteiger partial charge on any atom is 0.148 e.